The summed E-state index contributed by atoms with van der Waals surface area (Å²) >= 11 is 0. The molecule has 4 rings (SSSR count). The zero-order valence-electron chi connectivity index (χ0n) is 18.5. The number of hydrogen-bond acceptors (Lipinski definition) is 6. The lowest BCUT2D eigenvalue weighted by atomic mass is 10.1. The second kappa shape index (κ2) is 9.11. The summed E-state index contributed by atoms with van der Waals surface area (Å²) in [5.74, 6) is -1.73. The summed E-state index contributed by atoms with van der Waals surface area (Å²) in [6, 6.07) is 18.3. The Labute approximate surface area is 197 Å². The number of anilines is 1. The molecule has 9 heteroatoms. The summed E-state index contributed by atoms with van der Waals surface area (Å²) in [5.41, 5.74) is 0.400. The first kappa shape index (κ1) is 23.2. The molecule has 1 aliphatic heterocycles. The molecule has 0 fully saturated rings. The average Bonchev–Trinajstić information content (AvgIpc) is 3.10. The molecule has 0 radical (unpaired) electrons. The molecule has 1 atom stereocenters. The predicted molar refractivity (Wildman–Crippen MR) is 125 cm³/mol. The fourth-order valence-electron chi connectivity index (χ4n) is 3.77. The number of nitrogens with zero attached hydrogens (tertiary/aromatic N) is 2. The van der Waals surface area contributed by atoms with E-state index in [4.69, 9.17) is 4.74 Å². The Balaban J connectivity index is 1.77. The average molecular weight is 479 g/mol. The van der Waals surface area contributed by atoms with Gasteiger partial charge in [0.1, 0.15) is 11.8 Å². The number of carbonyl (C=O) groups is 3. The largest absolute Gasteiger partial charge is 0.494 e. The molecule has 3 amide bonds. The molecular formula is C25H22N2O6S. The van der Waals surface area contributed by atoms with Crippen molar-refractivity contribution < 1.29 is 27.5 Å². The van der Waals surface area contributed by atoms with Gasteiger partial charge >= 0.3 is 0 Å². The number of fused-ring (bicyclic) bond motifs is 1. The minimum atomic E-state index is -4.36. The molecule has 1 aliphatic rings. The molecular weight excluding hydrogens is 456 g/mol. The van der Waals surface area contributed by atoms with Crippen molar-refractivity contribution in [2.24, 2.45) is 0 Å². The van der Waals surface area contributed by atoms with Gasteiger partial charge in [0.05, 0.1) is 28.3 Å². The lowest BCUT2D eigenvalue weighted by Gasteiger charge is -2.29. The molecule has 0 aliphatic carbocycles. The van der Waals surface area contributed by atoms with E-state index >= 15 is 0 Å². The van der Waals surface area contributed by atoms with Crippen LogP contribution in [0.1, 0.15) is 34.6 Å². The van der Waals surface area contributed by atoms with E-state index in [-0.39, 0.29) is 21.7 Å². The highest BCUT2D eigenvalue weighted by atomic mass is 32.2. The number of hydrogen-bond donors (Lipinski definition) is 0. The third-order valence-electron chi connectivity index (χ3n) is 5.43. The van der Waals surface area contributed by atoms with Crippen LogP contribution in [0.2, 0.25) is 0 Å². The van der Waals surface area contributed by atoms with Crippen LogP contribution in [0.4, 0.5) is 5.69 Å². The summed E-state index contributed by atoms with van der Waals surface area (Å²) in [5, 5.41) is 0. The summed E-state index contributed by atoms with van der Waals surface area (Å²) in [6.07, 6.45) is 0. The monoisotopic (exact) mass is 478 g/mol. The fourth-order valence-corrected chi connectivity index (χ4v) is 5.27. The Morgan fingerprint density at radius 1 is 0.882 bits per heavy atom. The van der Waals surface area contributed by atoms with Crippen LogP contribution in [-0.2, 0) is 14.8 Å². The highest BCUT2D eigenvalue weighted by Crippen LogP contribution is 2.30. The lowest BCUT2D eigenvalue weighted by molar-refractivity contribution is -0.120. The minimum Gasteiger partial charge on any atom is -0.494 e. The van der Waals surface area contributed by atoms with Gasteiger partial charge in [-0.1, -0.05) is 30.3 Å². The van der Waals surface area contributed by atoms with Crippen molar-refractivity contribution in [1.29, 1.82) is 0 Å². The Morgan fingerprint density at radius 3 is 1.94 bits per heavy atom. The molecule has 3 aromatic rings. The van der Waals surface area contributed by atoms with Crippen molar-refractivity contribution in [3.8, 4) is 5.75 Å². The maximum Gasteiger partial charge on any atom is 0.270 e. The summed E-state index contributed by atoms with van der Waals surface area (Å²) in [4.78, 5) is 40.2. The van der Waals surface area contributed by atoms with Gasteiger partial charge in [-0.2, -0.15) is 0 Å². The molecule has 174 valence electrons. The molecule has 0 aromatic heterocycles. The molecule has 1 heterocycles. The molecule has 1 unspecified atom stereocenters. The number of rotatable bonds is 7. The number of ether oxygens (including phenoxy) is 1. The van der Waals surface area contributed by atoms with Crippen LogP contribution in [0, 0.1) is 0 Å². The van der Waals surface area contributed by atoms with Gasteiger partial charge in [-0.15, -0.1) is 0 Å². The zero-order valence-corrected chi connectivity index (χ0v) is 19.4. The van der Waals surface area contributed by atoms with Crippen LogP contribution < -0.4 is 9.04 Å². The van der Waals surface area contributed by atoms with Gasteiger partial charge in [0, 0.05) is 0 Å². The van der Waals surface area contributed by atoms with E-state index < -0.39 is 33.8 Å². The van der Waals surface area contributed by atoms with E-state index in [0.29, 0.717) is 16.7 Å². The number of carbonyl (C=O) groups excluding carboxylic acids is 3. The predicted octanol–water partition coefficient (Wildman–Crippen LogP) is 3.49. The van der Waals surface area contributed by atoms with Crippen LogP contribution in [0.3, 0.4) is 0 Å². The van der Waals surface area contributed by atoms with E-state index in [1.807, 2.05) is 6.92 Å². The molecule has 0 bridgehead atoms. The van der Waals surface area contributed by atoms with Crippen LogP contribution in [0.5, 0.6) is 5.75 Å². The highest BCUT2D eigenvalue weighted by molar-refractivity contribution is 7.93. The second-order valence-electron chi connectivity index (χ2n) is 7.55. The number of benzene rings is 3. The molecule has 3 aromatic carbocycles. The highest BCUT2D eigenvalue weighted by Gasteiger charge is 2.44. The van der Waals surface area contributed by atoms with Crippen LogP contribution in [0.15, 0.2) is 83.8 Å². The Bertz CT molecular complexity index is 1320. The second-order valence-corrected chi connectivity index (χ2v) is 9.34. The topological polar surface area (TPSA) is 101 Å². The van der Waals surface area contributed by atoms with Crippen molar-refractivity contribution in [1.82, 2.24) is 4.90 Å². The summed E-state index contributed by atoms with van der Waals surface area (Å²) < 4.78 is 33.2. The molecule has 0 saturated carbocycles. The first-order valence-electron chi connectivity index (χ1n) is 10.6. The SMILES string of the molecule is CCOc1ccc(N(C(=O)C(C)N2C(=O)c3ccccc3C2=O)S(=O)(=O)c2ccccc2)cc1. The number of imide groups is 1. The van der Waals surface area contributed by atoms with Gasteiger partial charge < -0.3 is 4.74 Å². The molecule has 0 spiro atoms. The van der Waals surface area contributed by atoms with E-state index in [0.717, 1.165) is 4.90 Å². The molecule has 0 saturated heterocycles. The van der Waals surface area contributed by atoms with Crippen molar-refractivity contribution in [2.45, 2.75) is 24.8 Å². The maximum atomic E-state index is 13.7. The van der Waals surface area contributed by atoms with Gasteiger partial charge in [0.2, 0.25) is 0 Å². The van der Waals surface area contributed by atoms with Crippen LogP contribution >= 0.6 is 0 Å². The van der Waals surface area contributed by atoms with E-state index in [2.05, 4.69) is 0 Å². The van der Waals surface area contributed by atoms with E-state index in [1.54, 1.807) is 42.5 Å². The smallest absolute Gasteiger partial charge is 0.270 e. The minimum absolute atomic E-state index is 0.0563. The van der Waals surface area contributed by atoms with Crippen LogP contribution in [0.25, 0.3) is 0 Å². The normalized spacial score (nSPS) is 14.0. The van der Waals surface area contributed by atoms with Crippen molar-refractivity contribution in [3.63, 3.8) is 0 Å². The maximum absolute atomic E-state index is 13.7. The third-order valence-corrected chi connectivity index (χ3v) is 7.17. The van der Waals surface area contributed by atoms with E-state index in [1.165, 1.54) is 43.3 Å². The third kappa shape index (κ3) is 3.94. The Morgan fingerprint density at radius 2 is 1.41 bits per heavy atom. The first-order valence-corrected chi connectivity index (χ1v) is 12.1. The Kier molecular flexibility index (Phi) is 6.21. The lowest BCUT2D eigenvalue weighted by Crippen LogP contribution is -2.51. The van der Waals surface area contributed by atoms with Gasteiger partial charge in [-0.3, -0.25) is 19.3 Å². The summed E-state index contributed by atoms with van der Waals surface area (Å²) in [6.45, 7) is 3.57. The number of amides is 3. The summed E-state index contributed by atoms with van der Waals surface area (Å²) in [7, 11) is -4.36. The van der Waals surface area contributed by atoms with Crippen LogP contribution in [-0.4, -0.2) is 43.7 Å². The quantitative estimate of drug-likeness (QED) is 0.482. The number of sulfonamides is 1. The Hall–Kier alpha value is -3.98. The van der Waals surface area contributed by atoms with Gasteiger partial charge in [-0.25, -0.2) is 12.7 Å². The molecule has 34 heavy (non-hydrogen) atoms. The molecule has 8 nitrogen and oxygen atoms in total. The fraction of sp³-hybridized carbons (Fsp3) is 0.160. The van der Waals surface area contributed by atoms with Crippen molar-refractivity contribution >= 4 is 33.4 Å². The standard InChI is InChI=1S/C25H22N2O6S/c1-3-33-19-15-13-18(14-16-19)27(34(31,32)20-9-5-4-6-10-20)23(28)17(2)26-24(29)21-11-7-8-12-22(21)25(26)30/h4-17H,3H2,1-2H3. The zero-order chi connectivity index (χ0) is 24.5. The van der Waals surface area contributed by atoms with Gasteiger partial charge in [-0.05, 0) is 62.4 Å². The van der Waals surface area contributed by atoms with Gasteiger partial charge in [0.15, 0.2) is 0 Å². The van der Waals surface area contributed by atoms with Gasteiger partial charge in [0.25, 0.3) is 27.7 Å². The van der Waals surface area contributed by atoms with E-state index in [9.17, 15) is 22.8 Å². The van der Waals surface area contributed by atoms with Crippen molar-refractivity contribution in [3.05, 3.63) is 90.0 Å². The van der Waals surface area contributed by atoms with Crippen molar-refractivity contribution in [2.75, 3.05) is 10.9 Å². The first-order chi connectivity index (χ1) is 16.3. The molecule has 0 N–H and O–H groups in total.